The van der Waals surface area contributed by atoms with Crippen molar-refractivity contribution in [3.05, 3.63) is 23.8 Å². The van der Waals surface area contributed by atoms with Crippen molar-refractivity contribution < 1.29 is 14.3 Å². The highest BCUT2D eigenvalue weighted by molar-refractivity contribution is 5.84. The Balaban J connectivity index is 1.94. The zero-order valence-corrected chi connectivity index (χ0v) is 15.3. The molecule has 0 aromatic heterocycles. The molecule has 1 aromatic rings. The molecule has 1 amide bonds. The van der Waals surface area contributed by atoms with E-state index < -0.39 is 0 Å². The molecule has 1 aromatic carbocycles. The Kier molecular flexibility index (Phi) is 6.15. The predicted molar refractivity (Wildman–Crippen MR) is 97.2 cm³/mol. The van der Waals surface area contributed by atoms with Gasteiger partial charge in [-0.3, -0.25) is 9.69 Å². The lowest BCUT2D eigenvalue weighted by atomic mass is 10.00. The second kappa shape index (κ2) is 8.54. The van der Waals surface area contributed by atoms with Crippen LogP contribution in [0.25, 0.3) is 0 Å². The van der Waals surface area contributed by atoms with Crippen molar-refractivity contribution in [2.45, 2.75) is 25.3 Å². The van der Waals surface area contributed by atoms with Gasteiger partial charge in [-0.05, 0) is 31.4 Å². The molecular formula is C19H29N3O3. The van der Waals surface area contributed by atoms with E-state index in [1.54, 1.807) is 14.2 Å². The molecule has 2 heterocycles. The van der Waals surface area contributed by atoms with Crippen LogP contribution in [0.5, 0.6) is 11.5 Å². The van der Waals surface area contributed by atoms with E-state index in [9.17, 15) is 4.79 Å². The third-order valence-corrected chi connectivity index (χ3v) is 5.15. The number of likely N-dealkylation sites (tertiary alicyclic amines) is 1. The minimum Gasteiger partial charge on any atom is -0.497 e. The Morgan fingerprint density at radius 3 is 2.40 bits per heavy atom. The van der Waals surface area contributed by atoms with Crippen molar-refractivity contribution in [3.8, 4) is 11.5 Å². The Labute approximate surface area is 150 Å². The fraction of sp³-hybridized carbons (Fsp3) is 0.632. The highest BCUT2D eigenvalue weighted by Crippen LogP contribution is 2.34. The molecule has 2 fully saturated rings. The van der Waals surface area contributed by atoms with Crippen LogP contribution in [-0.2, 0) is 4.79 Å². The number of benzene rings is 1. The average molecular weight is 347 g/mol. The molecule has 138 valence electrons. The summed E-state index contributed by atoms with van der Waals surface area (Å²) in [6, 6.07) is 5.47. The Hall–Kier alpha value is -1.79. The summed E-state index contributed by atoms with van der Waals surface area (Å²) in [7, 11) is 3.29. The highest BCUT2D eigenvalue weighted by Gasteiger charge is 2.34. The van der Waals surface area contributed by atoms with Crippen molar-refractivity contribution in [1.82, 2.24) is 15.1 Å². The second-order valence-electron chi connectivity index (χ2n) is 6.68. The van der Waals surface area contributed by atoms with Gasteiger partial charge >= 0.3 is 0 Å². The van der Waals surface area contributed by atoms with Gasteiger partial charge in [-0.1, -0.05) is 0 Å². The maximum atomic E-state index is 13.4. The first-order valence-corrected chi connectivity index (χ1v) is 9.20. The molecule has 6 nitrogen and oxygen atoms in total. The Morgan fingerprint density at radius 1 is 1.04 bits per heavy atom. The topological polar surface area (TPSA) is 54.0 Å². The Bertz CT molecular complexity index is 581. The molecule has 2 aliphatic rings. The van der Waals surface area contributed by atoms with Crippen LogP contribution in [-0.4, -0.2) is 69.2 Å². The van der Waals surface area contributed by atoms with E-state index in [-0.39, 0.29) is 11.9 Å². The smallest absolute Gasteiger partial charge is 0.244 e. The molecule has 0 spiro atoms. The SMILES string of the molecule is COc1ccc(C(C(=O)N2CCCCC2)N2CCNCC2)c(OC)c1. The summed E-state index contributed by atoms with van der Waals surface area (Å²) >= 11 is 0. The van der Waals surface area contributed by atoms with E-state index >= 15 is 0 Å². The summed E-state index contributed by atoms with van der Waals surface area (Å²) in [5.74, 6) is 1.66. The average Bonchev–Trinajstić information content (AvgIpc) is 2.69. The number of hydrogen-bond donors (Lipinski definition) is 1. The van der Waals surface area contributed by atoms with E-state index in [4.69, 9.17) is 9.47 Å². The van der Waals surface area contributed by atoms with Crippen molar-refractivity contribution in [1.29, 1.82) is 0 Å². The van der Waals surface area contributed by atoms with Crippen LogP contribution in [0.15, 0.2) is 18.2 Å². The fourth-order valence-electron chi connectivity index (χ4n) is 3.76. The van der Waals surface area contributed by atoms with Gasteiger partial charge in [-0.15, -0.1) is 0 Å². The summed E-state index contributed by atoms with van der Waals surface area (Å²) in [5, 5.41) is 3.37. The van der Waals surface area contributed by atoms with Gasteiger partial charge in [0.05, 0.1) is 14.2 Å². The monoisotopic (exact) mass is 347 g/mol. The standard InChI is InChI=1S/C19H29N3O3/c1-24-15-6-7-16(17(14-15)25-2)18(21-12-8-20-9-13-21)19(23)22-10-4-3-5-11-22/h6-7,14,18,20H,3-5,8-13H2,1-2H3. The molecule has 6 heteroatoms. The number of hydrogen-bond acceptors (Lipinski definition) is 5. The molecule has 1 atom stereocenters. The number of nitrogens with zero attached hydrogens (tertiary/aromatic N) is 2. The van der Waals surface area contributed by atoms with Crippen molar-refractivity contribution in [2.75, 3.05) is 53.5 Å². The van der Waals surface area contributed by atoms with Crippen LogP contribution in [0, 0.1) is 0 Å². The molecule has 0 radical (unpaired) electrons. The predicted octanol–water partition coefficient (Wildman–Crippen LogP) is 1.66. The van der Waals surface area contributed by atoms with Crippen LogP contribution in [0.2, 0.25) is 0 Å². The van der Waals surface area contributed by atoms with Gasteiger partial charge in [0.1, 0.15) is 17.5 Å². The summed E-state index contributed by atoms with van der Waals surface area (Å²) in [6.07, 6.45) is 3.41. The van der Waals surface area contributed by atoms with Crippen LogP contribution in [0.4, 0.5) is 0 Å². The molecule has 0 aliphatic carbocycles. The lowest BCUT2D eigenvalue weighted by Gasteiger charge is -2.38. The van der Waals surface area contributed by atoms with Crippen molar-refractivity contribution >= 4 is 5.91 Å². The number of amides is 1. The lowest BCUT2D eigenvalue weighted by molar-refractivity contribution is -0.138. The molecule has 25 heavy (non-hydrogen) atoms. The second-order valence-corrected chi connectivity index (χ2v) is 6.68. The number of ether oxygens (including phenoxy) is 2. The number of carbonyl (C=O) groups is 1. The van der Waals surface area contributed by atoms with Gasteiger partial charge in [0.2, 0.25) is 5.91 Å². The number of nitrogens with one attached hydrogen (secondary N) is 1. The van der Waals surface area contributed by atoms with Crippen LogP contribution in [0.1, 0.15) is 30.9 Å². The largest absolute Gasteiger partial charge is 0.497 e. The van der Waals surface area contributed by atoms with Gasteiger partial charge in [0.15, 0.2) is 0 Å². The van der Waals surface area contributed by atoms with Gasteiger partial charge in [0.25, 0.3) is 0 Å². The number of piperazine rings is 1. The van der Waals surface area contributed by atoms with Crippen molar-refractivity contribution in [2.24, 2.45) is 0 Å². The quantitative estimate of drug-likeness (QED) is 0.878. The van der Waals surface area contributed by atoms with Crippen LogP contribution < -0.4 is 14.8 Å². The molecule has 1 N–H and O–H groups in total. The zero-order chi connectivity index (χ0) is 17.6. The van der Waals surface area contributed by atoms with Gasteiger partial charge in [0, 0.05) is 50.9 Å². The van der Waals surface area contributed by atoms with Crippen molar-refractivity contribution in [3.63, 3.8) is 0 Å². The van der Waals surface area contributed by atoms with Gasteiger partial charge in [-0.2, -0.15) is 0 Å². The maximum Gasteiger partial charge on any atom is 0.244 e. The van der Waals surface area contributed by atoms with Crippen LogP contribution in [0.3, 0.4) is 0 Å². The molecular weight excluding hydrogens is 318 g/mol. The summed E-state index contributed by atoms with van der Waals surface area (Å²) in [4.78, 5) is 17.7. The molecule has 2 aliphatic heterocycles. The number of piperidine rings is 1. The molecule has 2 saturated heterocycles. The fourth-order valence-corrected chi connectivity index (χ4v) is 3.76. The normalized spacial score (nSPS) is 20.2. The third kappa shape index (κ3) is 4.07. The first kappa shape index (κ1) is 18.0. The van der Waals surface area contributed by atoms with E-state index in [0.29, 0.717) is 5.75 Å². The summed E-state index contributed by atoms with van der Waals surface area (Å²) < 4.78 is 10.9. The first-order valence-electron chi connectivity index (χ1n) is 9.20. The van der Waals surface area contributed by atoms with E-state index in [2.05, 4.69) is 10.2 Å². The highest BCUT2D eigenvalue weighted by atomic mass is 16.5. The lowest BCUT2D eigenvalue weighted by Crippen LogP contribution is -2.51. The number of carbonyl (C=O) groups excluding carboxylic acids is 1. The van der Waals surface area contributed by atoms with Gasteiger partial charge in [-0.25, -0.2) is 0 Å². The third-order valence-electron chi connectivity index (χ3n) is 5.15. The minimum absolute atomic E-state index is 0.199. The number of rotatable bonds is 5. The zero-order valence-electron chi connectivity index (χ0n) is 15.3. The summed E-state index contributed by atoms with van der Waals surface area (Å²) in [5.41, 5.74) is 0.931. The van der Waals surface area contributed by atoms with E-state index in [1.165, 1.54) is 6.42 Å². The van der Waals surface area contributed by atoms with Crippen LogP contribution >= 0.6 is 0 Å². The Morgan fingerprint density at radius 2 is 1.76 bits per heavy atom. The molecule has 0 saturated carbocycles. The number of methoxy groups -OCH3 is 2. The molecule has 3 rings (SSSR count). The van der Waals surface area contributed by atoms with E-state index in [1.807, 2.05) is 23.1 Å². The van der Waals surface area contributed by atoms with E-state index in [0.717, 1.165) is 63.4 Å². The van der Waals surface area contributed by atoms with Gasteiger partial charge < -0.3 is 19.7 Å². The minimum atomic E-state index is -0.291. The first-order chi connectivity index (χ1) is 12.2. The maximum absolute atomic E-state index is 13.4. The summed E-state index contributed by atoms with van der Waals surface area (Å²) in [6.45, 7) is 5.25. The molecule has 0 bridgehead atoms. The molecule has 1 unspecified atom stereocenters.